The van der Waals surface area contributed by atoms with Gasteiger partial charge in [-0.3, -0.25) is 4.79 Å². The van der Waals surface area contributed by atoms with Crippen LogP contribution in [0.3, 0.4) is 0 Å². The van der Waals surface area contributed by atoms with Crippen molar-refractivity contribution in [1.82, 2.24) is 4.98 Å². The largest absolute Gasteiger partial charge is 0.377 e. The van der Waals surface area contributed by atoms with Crippen LogP contribution in [-0.2, 0) is 11.2 Å². The van der Waals surface area contributed by atoms with Crippen molar-refractivity contribution in [3.05, 3.63) is 70.7 Å². The highest BCUT2D eigenvalue weighted by Crippen LogP contribution is 2.30. The Hall–Kier alpha value is -2.70. The molecule has 0 spiro atoms. The summed E-state index contributed by atoms with van der Waals surface area (Å²) in [7, 11) is 0. The van der Waals surface area contributed by atoms with Crippen LogP contribution in [0.4, 0.5) is 16.5 Å². The Morgan fingerprint density at radius 3 is 2.76 bits per heavy atom. The molecule has 2 heterocycles. The number of para-hydroxylation sites is 1. The third-order valence-corrected chi connectivity index (χ3v) is 6.33. The molecule has 29 heavy (non-hydrogen) atoms. The van der Waals surface area contributed by atoms with Gasteiger partial charge in [0.1, 0.15) is 0 Å². The number of ketones is 1. The number of rotatable bonds is 6. The summed E-state index contributed by atoms with van der Waals surface area (Å²) >= 11 is 1.49. The number of benzene rings is 2. The summed E-state index contributed by atoms with van der Waals surface area (Å²) in [4.78, 5) is 19.6. The average Bonchev–Trinajstić information content (AvgIpc) is 3.11. The van der Waals surface area contributed by atoms with Gasteiger partial charge in [-0.05, 0) is 43.2 Å². The summed E-state index contributed by atoms with van der Waals surface area (Å²) in [5.41, 5.74) is 4.20. The number of hydrogen-bond donors (Lipinski definition) is 1. The van der Waals surface area contributed by atoms with Gasteiger partial charge < -0.3 is 15.0 Å². The van der Waals surface area contributed by atoms with Crippen LogP contribution in [0.25, 0.3) is 0 Å². The van der Waals surface area contributed by atoms with Crippen LogP contribution >= 0.6 is 11.3 Å². The number of nitrogens with one attached hydrogen (secondary N) is 1. The Balaban J connectivity index is 1.52. The lowest BCUT2D eigenvalue weighted by atomic mass is 10.0. The first-order valence-corrected chi connectivity index (χ1v) is 10.7. The van der Waals surface area contributed by atoms with E-state index in [1.165, 1.54) is 16.9 Å². The van der Waals surface area contributed by atoms with Gasteiger partial charge in [0.2, 0.25) is 0 Å². The minimum absolute atomic E-state index is 0.0794. The summed E-state index contributed by atoms with van der Waals surface area (Å²) in [5.74, 6) is 0.0794. The summed E-state index contributed by atoms with van der Waals surface area (Å²) in [6.45, 7) is 5.64. The number of anilines is 3. The Labute approximate surface area is 175 Å². The summed E-state index contributed by atoms with van der Waals surface area (Å²) < 4.78 is 5.77. The highest BCUT2D eigenvalue weighted by atomic mass is 32.1. The van der Waals surface area contributed by atoms with Crippen LogP contribution in [0.2, 0.25) is 0 Å². The minimum Gasteiger partial charge on any atom is -0.377 e. The van der Waals surface area contributed by atoms with Gasteiger partial charge >= 0.3 is 0 Å². The van der Waals surface area contributed by atoms with Crippen LogP contribution in [0, 0.1) is 6.92 Å². The number of ether oxygens (including phenoxy) is 1. The van der Waals surface area contributed by atoms with Gasteiger partial charge in [-0.1, -0.05) is 41.7 Å². The molecule has 1 aliphatic heterocycles. The molecule has 1 fully saturated rings. The first kappa shape index (κ1) is 19.6. The second-order valence-corrected chi connectivity index (χ2v) is 8.26. The second kappa shape index (κ2) is 8.76. The van der Waals surface area contributed by atoms with Crippen molar-refractivity contribution in [3.63, 3.8) is 0 Å². The molecular formula is C23H25N3O2S. The molecule has 0 radical (unpaired) electrons. The third-order valence-electron chi connectivity index (χ3n) is 5.04. The van der Waals surface area contributed by atoms with Crippen LogP contribution in [0.1, 0.15) is 27.9 Å². The zero-order chi connectivity index (χ0) is 20.2. The molecule has 0 saturated carbocycles. The maximum absolute atomic E-state index is 11.8. The van der Waals surface area contributed by atoms with Gasteiger partial charge in [-0.25, -0.2) is 4.98 Å². The zero-order valence-corrected chi connectivity index (χ0v) is 17.5. The van der Waals surface area contributed by atoms with Gasteiger partial charge in [0.25, 0.3) is 0 Å². The fourth-order valence-corrected chi connectivity index (χ4v) is 4.70. The normalized spacial score (nSPS) is 16.6. The number of aromatic nitrogens is 1. The second-order valence-electron chi connectivity index (χ2n) is 7.28. The molecule has 2 aromatic carbocycles. The molecule has 0 bridgehead atoms. The molecular weight excluding hydrogens is 382 g/mol. The van der Waals surface area contributed by atoms with Crippen molar-refractivity contribution in [3.8, 4) is 0 Å². The Morgan fingerprint density at radius 2 is 2.00 bits per heavy atom. The summed E-state index contributed by atoms with van der Waals surface area (Å²) in [5, 5.41) is 4.37. The van der Waals surface area contributed by atoms with Crippen LogP contribution in [0.5, 0.6) is 0 Å². The number of nitrogens with zero attached hydrogens (tertiary/aromatic N) is 2. The van der Waals surface area contributed by atoms with Crippen molar-refractivity contribution in [2.45, 2.75) is 26.3 Å². The van der Waals surface area contributed by atoms with Gasteiger partial charge in [0.05, 0.1) is 29.8 Å². The van der Waals surface area contributed by atoms with E-state index in [9.17, 15) is 4.79 Å². The van der Waals surface area contributed by atoms with Crippen LogP contribution in [0.15, 0.2) is 54.6 Å². The molecule has 6 heteroatoms. The van der Waals surface area contributed by atoms with E-state index in [4.69, 9.17) is 4.74 Å². The molecule has 4 rings (SSSR count). The van der Waals surface area contributed by atoms with E-state index in [-0.39, 0.29) is 11.8 Å². The molecule has 5 nitrogen and oxygen atoms in total. The third kappa shape index (κ3) is 4.66. The number of Topliss-reactive ketones (excluding diaryl/α,β-unsaturated/α-hetero) is 1. The SMILES string of the molecule is CC(=O)c1sc(N2CCOC[C@@H]2Cc2cccc(Nc3ccccc3)c2)nc1C. The fourth-order valence-electron chi connectivity index (χ4n) is 3.64. The Kier molecular flexibility index (Phi) is 5.92. The fraction of sp³-hybridized carbons (Fsp3) is 0.304. The van der Waals surface area contributed by atoms with Crippen LogP contribution < -0.4 is 10.2 Å². The molecule has 1 aromatic heterocycles. The van der Waals surface area contributed by atoms with E-state index in [1.807, 2.05) is 25.1 Å². The quantitative estimate of drug-likeness (QED) is 0.592. The molecule has 1 atom stereocenters. The molecule has 1 N–H and O–H groups in total. The topological polar surface area (TPSA) is 54.5 Å². The Bertz CT molecular complexity index is 987. The predicted octanol–water partition coefficient (Wildman–Crippen LogP) is 4.85. The van der Waals surface area contributed by atoms with E-state index in [0.717, 1.165) is 40.0 Å². The van der Waals surface area contributed by atoms with Gasteiger partial charge in [0, 0.05) is 24.8 Å². The summed E-state index contributed by atoms with van der Waals surface area (Å²) in [6, 6.07) is 18.9. The monoisotopic (exact) mass is 407 g/mol. The lowest BCUT2D eigenvalue weighted by Crippen LogP contribution is -2.46. The van der Waals surface area contributed by atoms with Gasteiger partial charge in [0.15, 0.2) is 10.9 Å². The van der Waals surface area contributed by atoms with E-state index >= 15 is 0 Å². The van der Waals surface area contributed by atoms with E-state index in [2.05, 4.69) is 51.6 Å². The van der Waals surface area contributed by atoms with Gasteiger partial charge in [-0.2, -0.15) is 0 Å². The highest BCUT2D eigenvalue weighted by molar-refractivity contribution is 7.17. The van der Waals surface area contributed by atoms with E-state index < -0.39 is 0 Å². The lowest BCUT2D eigenvalue weighted by molar-refractivity contribution is 0.0940. The number of morpholine rings is 1. The standard InChI is InChI=1S/C23H25N3O2S/c1-16-22(17(2)27)29-23(24-16)26-11-12-28-15-21(26)14-18-7-6-10-20(13-18)25-19-8-4-3-5-9-19/h3-10,13,21,25H,11-12,14-15H2,1-2H3/t21-/m0/s1. The molecule has 0 aliphatic carbocycles. The Morgan fingerprint density at radius 1 is 1.21 bits per heavy atom. The minimum atomic E-state index is 0.0794. The van der Waals surface area contributed by atoms with E-state index in [1.54, 1.807) is 6.92 Å². The van der Waals surface area contributed by atoms with Crippen molar-refractivity contribution in [2.75, 3.05) is 30.0 Å². The first-order chi connectivity index (χ1) is 14.1. The number of aryl methyl sites for hydroxylation is 1. The molecule has 1 aliphatic rings. The molecule has 3 aromatic rings. The van der Waals surface area contributed by atoms with Crippen LogP contribution in [-0.4, -0.2) is 36.6 Å². The van der Waals surface area contributed by atoms with Gasteiger partial charge in [-0.15, -0.1) is 0 Å². The predicted molar refractivity (Wildman–Crippen MR) is 119 cm³/mol. The molecule has 1 saturated heterocycles. The first-order valence-electron chi connectivity index (χ1n) is 9.84. The summed E-state index contributed by atoms with van der Waals surface area (Å²) in [6.07, 6.45) is 0.859. The lowest BCUT2D eigenvalue weighted by Gasteiger charge is -2.35. The van der Waals surface area contributed by atoms with Crippen molar-refractivity contribution >= 4 is 33.6 Å². The smallest absolute Gasteiger partial charge is 0.186 e. The maximum atomic E-state index is 11.8. The molecule has 0 amide bonds. The number of thiazole rings is 1. The average molecular weight is 408 g/mol. The van der Waals surface area contributed by atoms with Crippen molar-refractivity contribution in [2.24, 2.45) is 0 Å². The number of carbonyl (C=O) groups is 1. The zero-order valence-electron chi connectivity index (χ0n) is 16.7. The highest BCUT2D eigenvalue weighted by Gasteiger charge is 2.27. The molecule has 0 unspecified atom stereocenters. The molecule has 150 valence electrons. The number of hydrogen-bond acceptors (Lipinski definition) is 6. The van der Waals surface area contributed by atoms with E-state index in [0.29, 0.717) is 13.2 Å². The van der Waals surface area contributed by atoms with Crippen molar-refractivity contribution < 1.29 is 9.53 Å². The maximum Gasteiger partial charge on any atom is 0.186 e. The number of carbonyl (C=O) groups excluding carboxylic acids is 1. The van der Waals surface area contributed by atoms with Crippen molar-refractivity contribution in [1.29, 1.82) is 0 Å².